The summed E-state index contributed by atoms with van der Waals surface area (Å²) in [5, 5.41) is 13.9. The van der Waals surface area contributed by atoms with Crippen LogP contribution in [0.2, 0.25) is 0 Å². The normalized spacial score (nSPS) is 15.9. The lowest BCUT2D eigenvalue weighted by atomic mass is 9.87. The molecule has 36 heavy (non-hydrogen) atoms. The third-order valence-corrected chi connectivity index (χ3v) is 8.20. The first-order chi connectivity index (χ1) is 17.3. The van der Waals surface area contributed by atoms with E-state index < -0.39 is 5.97 Å². The number of hydrogen-bond acceptors (Lipinski definition) is 3. The second kappa shape index (κ2) is 10.00. The van der Waals surface area contributed by atoms with E-state index in [9.17, 15) is 14.7 Å². The molecule has 1 amide bonds. The Bertz CT molecular complexity index is 1300. The average Bonchev–Trinajstić information content (AvgIpc) is 3.24. The van der Waals surface area contributed by atoms with Gasteiger partial charge >= 0.3 is 5.97 Å². The van der Waals surface area contributed by atoms with E-state index in [1.165, 1.54) is 32.1 Å². The van der Waals surface area contributed by atoms with E-state index in [0.29, 0.717) is 12.2 Å². The lowest BCUT2D eigenvalue weighted by molar-refractivity contribution is -0.136. The molecule has 2 heterocycles. The lowest BCUT2D eigenvalue weighted by Crippen LogP contribution is -2.33. The Morgan fingerprint density at radius 3 is 2.47 bits per heavy atom. The number of hydrogen-bond donors (Lipinski definition) is 2. The summed E-state index contributed by atoms with van der Waals surface area (Å²) < 4.78 is 2.15. The van der Waals surface area contributed by atoms with E-state index >= 15 is 0 Å². The zero-order valence-electron chi connectivity index (χ0n) is 21.7. The number of carboxylic acid groups (broad SMARTS) is 1. The smallest absolute Gasteiger partial charge is 0.307 e. The highest BCUT2D eigenvalue weighted by Crippen LogP contribution is 2.44. The van der Waals surface area contributed by atoms with Crippen LogP contribution in [0.25, 0.3) is 22.0 Å². The Hall–Kier alpha value is -3.28. The van der Waals surface area contributed by atoms with Crippen molar-refractivity contribution in [3.05, 3.63) is 52.7 Å². The molecule has 1 aromatic heterocycles. The number of carbonyl (C=O) groups is 2. The molecule has 0 atom stereocenters. The molecule has 6 heteroatoms. The Kier molecular flexibility index (Phi) is 6.78. The van der Waals surface area contributed by atoms with Gasteiger partial charge in [-0.1, -0.05) is 61.9 Å². The summed E-state index contributed by atoms with van der Waals surface area (Å²) in [4.78, 5) is 27.6. The van der Waals surface area contributed by atoms with E-state index in [-0.39, 0.29) is 12.3 Å². The molecular weight excluding hydrogens is 450 g/mol. The van der Waals surface area contributed by atoms with Gasteiger partial charge in [-0.25, -0.2) is 0 Å². The van der Waals surface area contributed by atoms with Crippen LogP contribution in [0, 0.1) is 19.8 Å². The van der Waals surface area contributed by atoms with E-state index in [2.05, 4.69) is 46.1 Å². The Labute approximate surface area is 213 Å². The number of anilines is 1. The Morgan fingerprint density at radius 2 is 1.78 bits per heavy atom. The van der Waals surface area contributed by atoms with Crippen LogP contribution >= 0.6 is 0 Å². The fourth-order valence-electron chi connectivity index (χ4n) is 6.29. The highest BCUT2D eigenvalue weighted by Gasteiger charge is 2.29. The monoisotopic (exact) mass is 487 g/mol. The third-order valence-electron chi connectivity index (χ3n) is 8.20. The minimum absolute atomic E-state index is 0.0372. The van der Waals surface area contributed by atoms with Gasteiger partial charge < -0.3 is 19.9 Å². The van der Waals surface area contributed by atoms with Gasteiger partial charge in [0.2, 0.25) is 0 Å². The summed E-state index contributed by atoms with van der Waals surface area (Å²) >= 11 is 0. The first kappa shape index (κ1) is 24.4. The molecule has 0 spiro atoms. The summed E-state index contributed by atoms with van der Waals surface area (Å²) in [5.41, 5.74) is 7.60. The number of amides is 1. The number of carbonyl (C=O) groups excluding carboxylic acids is 1. The van der Waals surface area contributed by atoms with Crippen LogP contribution in [0.4, 0.5) is 5.69 Å². The van der Waals surface area contributed by atoms with Crippen molar-refractivity contribution in [2.45, 2.75) is 65.3 Å². The first-order valence-corrected chi connectivity index (χ1v) is 13.3. The molecule has 190 valence electrons. The van der Waals surface area contributed by atoms with Gasteiger partial charge in [-0.2, -0.15) is 0 Å². The zero-order chi connectivity index (χ0) is 25.4. The number of carboxylic acids is 1. The summed E-state index contributed by atoms with van der Waals surface area (Å²) in [6.45, 7) is 6.27. The van der Waals surface area contributed by atoms with Crippen molar-refractivity contribution in [1.82, 2.24) is 9.88 Å². The van der Waals surface area contributed by atoms with Crippen LogP contribution in [-0.4, -0.2) is 41.7 Å². The molecule has 2 N–H and O–H groups in total. The van der Waals surface area contributed by atoms with Gasteiger partial charge in [-0.15, -0.1) is 0 Å². The van der Waals surface area contributed by atoms with Crippen LogP contribution in [0.1, 0.15) is 65.7 Å². The van der Waals surface area contributed by atoms with Gasteiger partial charge in [0, 0.05) is 32.1 Å². The molecule has 1 fully saturated rings. The number of aromatic nitrogens is 1. The maximum Gasteiger partial charge on any atom is 0.307 e. The Morgan fingerprint density at radius 1 is 1.06 bits per heavy atom. The standard InChI is InChI=1S/C30H37N3O3/c1-19-9-11-22(12-10-19)27-23(18-26(34)35)20(2)28-29-24(27)17-25(33(29)16-15-32(28)3)30(36)31-14-13-21-7-5-4-6-8-21/h9-12,17,21H,4-8,13-16,18H2,1-3H3,(H,31,36)(H,34,35). The fraction of sp³-hybridized carbons (Fsp3) is 0.467. The molecule has 0 saturated heterocycles. The van der Waals surface area contributed by atoms with Gasteiger partial charge in [0.1, 0.15) is 5.69 Å². The predicted octanol–water partition coefficient (Wildman–Crippen LogP) is 5.70. The highest BCUT2D eigenvalue weighted by molar-refractivity contribution is 6.10. The number of nitrogens with one attached hydrogen (secondary N) is 1. The minimum Gasteiger partial charge on any atom is -0.481 e. The van der Waals surface area contributed by atoms with Crippen molar-refractivity contribution in [2.24, 2.45) is 5.92 Å². The molecule has 1 saturated carbocycles. The van der Waals surface area contributed by atoms with Crippen LogP contribution < -0.4 is 10.2 Å². The second-order valence-electron chi connectivity index (χ2n) is 10.7. The van der Waals surface area contributed by atoms with Crippen LogP contribution in [-0.2, 0) is 17.8 Å². The topological polar surface area (TPSA) is 74.6 Å². The third kappa shape index (κ3) is 4.49. The van der Waals surface area contributed by atoms with E-state index in [1.807, 2.05) is 19.9 Å². The van der Waals surface area contributed by atoms with Crippen molar-refractivity contribution in [1.29, 1.82) is 0 Å². The molecular formula is C30H37N3O3. The lowest BCUT2D eigenvalue weighted by Gasteiger charge is -2.31. The molecule has 3 aromatic rings. The molecule has 2 aliphatic rings. The quantitative estimate of drug-likeness (QED) is 0.448. The summed E-state index contributed by atoms with van der Waals surface area (Å²) in [6.07, 6.45) is 7.49. The largest absolute Gasteiger partial charge is 0.481 e. The maximum absolute atomic E-state index is 13.5. The number of benzene rings is 2. The van der Waals surface area contributed by atoms with Crippen molar-refractivity contribution >= 4 is 28.5 Å². The van der Waals surface area contributed by atoms with Crippen molar-refractivity contribution in [3.63, 3.8) is 0 Å². The number of nitrogens with zero attached hydrogens (tertiary/aromatic N) is 2. The van der Waals surface area contributed by atoms with Gasteiger partial charge in [0.05, 0.1) is 17.6 Å². The van der Waals surface area contributed by atoms with Crippen LogP contribution in [0.15, 0.2) is 30.3 Å². The van der Waals surface area contributed by atoms with Gasteiger partial charge in [0.15, 0.2) is 0 Å². The summed E-state index contributed by atoms with van der Waals surface area (Å²) in [5.74, 6) is -0.167. The summed E-state index contributed by atoms with van der Waals surface area (Å²) in [7, 11) is 2.05. The molecule has 6 nitrogen and oxygen atoms in total. The number of aryl methyl sites for hydroxylation is 1. The molecule has 1 aliphatic heterocycles. The maximum atomic E-state index is 13.5. The zero-order valence-corrected chi connectivity index (χ0v) is 21.7. The molecule has 0 bridgehead atoms. The minimum atomic E-state index is -0.850. The van der Waals surface area contributed by atoms with Crippen LogP contribution in [0.5, 0.6) is 0 Å². The molecule has 1 aliphatic carbocycles. The second-order valence-corrected chi connectivity index (χ2v) is 10.7. The molecule has 0 unspecified atom stereocenters. The highest BCUT2D eigenvalue weighted by atomic mass is 16.4. The van der Waals surface area contributed by atoms with Crippen molar-refractivity contribution in [2.75, 3.05) is 25.0 Å². The van der Waals surface area contributed by atoms with E-state index in [0.717, 1.165) is 69.8 Å². The average molecular weight is 488 g/mol. The molecule has 2 aromatic carbocycles. The molecule has 0 radical (unpaired) electrons. The van der Waals surface area contributed by atoms with Crippen LogP contribution in [0.3, 0.4) is 0 Å². The van der Waals surface area contributed by atoms with Crippen molar-refractivity contribution in [3.8, 4) is 11.1 Å². The van der Waals surface area contributed by atoms with Gasteiger partial charge in [-0.3, -0.25) is 9.59 Å². The van der Waals surface area contributed by atoms with E-state index in [4.69, 9.17) is 0 Å². The SMILES string of the molecule is Cc1ccc(-c2c(CC(=O)O)c(C)c3c4c2cc(C(=O)NCCC2CCCCC2)n4CCN3C)cc1. The summed E-state index contributed by atoms with van der Waals surface area (Å²) in [6, 6.07) is 10.2. The number of likely N-dealkylation sites (N-methyl/N-ethyl adjacent to an activating group) is 1. The Balaban J connectivity index is 1.60. The first-order valence-electron chi connectivity index (χ1n) is 13.3. The number of rotatable bonds is 7. The van der Waals surface area contributed by atoms with E-state index in [1.54, 1.807) is 0 Å². The predicted molar refractivity (Wildman–Crippen MR) is 145 cm³/mol. The van der Waals surface area contributed by atoms with Gasteiger partial charge in [-0.05, 0) is 54.5 Å². The fourth-order valence-corrected chi connectivity index (χ4v) is 6.29. The molecule has 5 rings (SSSR count). The van der Waals surface area contributed by atoms with Gasteiger partial charge in [0.25, 0.3) is 5.91 Å². The van der Waals surface area contributed by atoms with Crippen molar-refractivity contribution < 1.29 is 14.7 Å². The number of aliphatic carboxylic acids is 1.